The van der Waals surface area contributed by atoms with E-state index in [1.54, 1.807) is 0 Å². The summed E-state index contributed by atoms with van der Waals surface area (Å²) >= 11 is 5.53. The summed E-state index contributed by atoms with van der Waals surface area (Å²) in [6.07, 6.45) is 2.35. The van der Waals surface area contributed by atoms with E-state index in [0.29, 0.717) is 5.92 Å². The maximum absolute atomic E-state index is 11.4. The van der Waals surface area contributed by atoms with Crippen LogP contribution in [0.15, 0.2) is 0 Å². The molecule has 1 saturated heterocycles. The molecule has 3 heteroatoms. The second-order valence-electron chi connectivity index (χ2n) is 4.07. The van der Waals surface area contributed by atoms with Crippen LogP contribution in [0.1, 0.15) is 26.7 Å². The van der Waals surface area contributed by atoms with Crippen molar-refractivity contribution >= 4 is 17.5 Å². The molecule has 0 aromatic rings. The molecule has 0 aromatic carbocycles. The fraction of sp³-hybridized carbons (Fsp3) is 0.900. The van der Waals surface area contributed by atoms with Crippen molar-refractivity contribution in [2.45, 2.75) is 26.7 Å². The van der Waals surface area contributed by atoms with Gasteiger partial charge in [-0.1, -0.05) is 13.8 Å². The molecule has 2 unspecified atom stereocenters. The number of hydrogen-bond donors (Lipinski definition) is 0. The quantitative estimate of drug-likeness (QED) is 0.598. The lowest BCUT2D eigenvalue weighted by molar-refractivity contribution is -0.128. The number of hydrogen-bond acceptors (Lipinski definition) is 1. The lowest BCUT2D eigenvalue weighted by atomic mass is 9.93. The van der Waals surface area contributed by atoms with Gasteiger partial charge < -0.3 is 4.90 Å². The van der Waals surface area contributed by atoms with Crippen LogP contribution in [0.4, 0.5) is 0 Å². The molecule has 2 nitrogen and oxygen atoms in total. The highest BCUT2D eigenvalue weighted by molar-refractivity contribution is 6.27. The van der Waals surface area contributed by atoms with Crippen molar-refractivity contribution in [1.29, 1.82) is 0 Å². The van der Waals surface area contributed by atoms with E-state index in [1.165, 1.54) is 6.42 Å². The van der Waals surface area contributed by atoms with Gasteiger partial charge in [-0.05, 0) is 24.7 Å². The zero-order valence-corrected chi connectivity index (χ0v) is 9.18. The molecule has 0 N–H and O–H groups in total. The first-order chi connectivity index (χ1) is 6.15. The molecule has 1 fully saturated rings. The van der Waals surface area contributed by atoms with E-state index in [9.17, 15) is 4.79 Å². The van der Waals surface area contributed by atoms with Crippen molar-refractivity contribution in [3.63, 3.8) is 0 Å². The Morgan fingerprint density at radius 2 is 2.15 bits per heavy atom. The average Bonchev–Trinajstić information content (AvgIpc) is 2.28. The van der Waals surface area contributed by atoms with Crippen LogP contribution in [0.5, 0.6) is 0 Å². The minimum absolute atomic E-state index is 0.0858. The lowest BCUT2D eigenvalue weighted by Gasteiger charge is -2.23. The molecular formula is C10H18ClNO. The minimum atomic E-state index is 0.0858. The van der Waals surface area contributed by atoms with Crippen molar-refractivity contribution in [1.82, 2.24) is 4.90 Å². The Morgan fingerprint density at radius 3 is 2.77 bits per heavy atom. The van der Waals surface area contributed by atoms with Gasteiger partial charge in [-0.2, -0.15) is 0 Å². The molecule has 2 atom stereocenters. The van der Waals surface area contributed by atoms with Crippen molar-refractivity contribution in [3.8, 4) is 0 Å². The fourth-order valence-electron chi connectivity index (χ4n) is 1.82. The second-order valence-corrected chi connectivity index (χ2v) is 4.34. The van der Waals surface area contributed by atoms with E-state index in [0.717, 1.165) is 25.4 Å². The Labute approximate surface area is 85.2 Å². The first kappa shape index (κ1) is 10.8. The monoisotopic (exact) mass is 203 g/mol. The van der Waals surface area contributed by atoms with Crippen LogP contribution < -0.4 is 0 Å². The molecule has 1 amide bonds. The Morgan fingerprint density at radius 1 is 1.46 bits per heavy atom. The Hall–Kier alpha value is -0.240. The Bertz CT molecular complexity index is 184. The minimum Gasteiger partial charge on any atom is -0.341 e. The first-order valence-electron chi connectivity index (χ1n) is 4.99. The summed E-state index contributed by atoms with van der Waals surface area (Å²) in [5.41, 5.74) is 0. The van der Waals surface area contributed by atoms with Crippen LogP contribution in [-0.4, -0.2) is 29.8 Å². The van der Waals surface area contributed by atoms with Crippen LogP contribution in [0.2, 0.25) is 0 Å². The zero-order chi connectivity index (χ0) is 9.84. The number of amides is 1. The highest BCUT2D eigenvalue weighted by atomic mass is 35.5. The molecule has 0 aromatic heterocycles. The normalized spacial score (nSPS) is 29.9. The van der Waals surface area contributed by atoms with Gasteiger partial charge in [-0.25, -0.2) is 0 Å². The Balaban J connectivity index is 2.53. The molecule has 0 bridgehead atoms. The van der Waals surface area contributed by atoms with Crippen molar-refractivity contribution < 1.29 is 4.79 Å². The predicted octanol–water partition coefficient (Wildman–Crippen LogP) is 2.12. The molecule has 1 heterocycles. The maximum atomic E-state index is 11.4. The predicted molar refractivity (Wildman–Crippen MR) is 54.9 cm³/mol. The summed E-state index contributed by atoms with van der Waals surface area (Å²) < 4.78 is 0. The topological polar surface area (TPSA) is 20.3 Å². The molecule has 0 saturated carbocycles. The third kappa shape index (κ3) is 2.87. The summed E-state index contributed by atoms with van der Waals surface area (Å²) in [5.74, 6) is 1.55. The van der Waals surface area contributed by atoms with Gasteiger partial charge in [0, 0.05) is 13.1 Å². The highest BCUT2D eigenvalue weighted by Gasteiger charge is 2.22. The van der Waals surface area contributed by atoms with Crippen LogP contribution in [0, 0.1) is 11.8 Å². The third-order valence-corrected chi connectivity index (χ3v) is 3.26. The molecule has 1 aliphatic heterocycles. The van der Waals surface area contributed by atoms with Gasteiger partial charge in [0.25, 0.3) is 0 Å². The van der Waals surface area contributed by atoms with Gasteiger partial charge >= 0.3 is 0 Å². The van der Waals surface area contributed by atoms with Gasteiger partial charge in [0.05, 0.1) is 0 Å². The summed E-state index contributed by atoms with van der Waals surface area (Å²) in [5, 5.41) is 0. The van der Waals surface area contributed by atoms with Crippen LogP contribution in [0.25, 0.3) is 0 Å². The number of alkyl halides is 1. The standard InChI is InChI=1S/C10H18ClNO/c1-8-4-3-5-12(7-9(8)2)10(13)6-11/h8-9H,3-7H2,1-2H3. The number of rotatable bonds is 1. The fourth-order valence-corrected chi connectivity index (χ4v) is 1.99. The molecule has 13 heavy (non-hydrogen) atoms. The summed E-state index contributed by atoms with van der Waals surface area (Å²) in [7, 11) is 0. The number of nitrogens with zero attached hydrogens (tertiary/aromatic N) is 1. The zero-order valence-electron chi connectivity index (χ0n) is 8.42. The smallest absolute Gasteiger partial charge is 0.237 e. The number of halogens is 1. The largest absolute Gasteiger partial charge is 0.341 e. The number of likely N-dealkylation sites (tertiary alicyclic amines) is 1. The number of carbonyl (C=O) groups is 1. The van der Waals surface area contributed by atoms with Gasteiger partial charge in [0.1, 0.15) is 5.88 Å². The van der Waals surface area contributed by atoms with Crippen LogP contribution in [-0.2, 0) is 4.79 Å². The summed E-state index contributed by atoms with van der Waals surface area (Å²) in [4.78, 5) is 13.3. The average molecular weight is 204 g/mol. The summed E-state index contributed by atoms with van der Waals surface area (Å²) in [6.45, 7) is 6.25. The van der Waals surface area contributed by atoms with E-state index in [2.05, 4.69) is 13.8 Å². The van der Waals surface area contributed by atoms with Gasteiger partial charge in [0.15, 0.2) is 0 Å². The molecule has 1 aliphatic rings. The van der Waals surface area contributed by atoms with E-state index in [4.69, 9.17) is 11.6 Å². The SMILES string of the molecule is CC1CCCN(C(=O)CCl)CC1C. The van der Waals surface area contributed by atoms with E-state index < -0.39 is 0 Å². The molecule has 0 radical (unpaired) electrons. The molecule has 76 valence electrons. The third-order valence-electron chi connectivity index (χ3n) is 3.03. The second kappa shape index (κ2) is 4.85. The molecule has 1 rings (SSSR count). The molecular weight excluding hydrogens is 186 g/mol. The first-order valence-corrected chi connectivity index (χ1v) is 5.52. The van der Waals surface area contributed by atoms with Gasteiger partial charge in [-0.3, -0.25) is 4.79 Å². The molecule has 0 spiro atoms. The van der Waals surface area contributed by atoms with Crippen LogP contribution in [0.3, 0.4) is 0 Å². The van der Waals surface area contributed by atoms with Crippen molar-refractivity contribution in [3.05, 3.63) is 0 Å². The highest BCUT2D eigenvalue weighted by Crippen LogP contribution is 2.22. The lowest BCUT2D eigenvalue weighted by Crippen LogP contribution is -2.35. The van der Waals surface area contributed by atoms with E-state index in [1.807, 2.05) is 4.90 Å². The maximum Gasteiger partial charge on any atom is 0.237 e. The van der Waals surface area contributed by atoms with Crippen molar-refractivity contribution in [2.24, 2.45) is 11.8 Å². The van der Waals surface area contributed by atoms with Gasteiger partial charge in [0.2, 0.25) is 5.91 Å². The number of carbonyl (C=O) groups excluding carboxylic acids is 1. The van der Waals surface area contributed by atoms with Crippen molar-refractivity contribution in [2.75, 3.05) is 19.0 Å². The van der Waals surface area contributed by atoms with Gasteiger partial charge in [-0.15, -0.1) is 11.6 Å². The van der Waals surface area contributed by atoms with E-state index in [-0.39, 0.29) is 11.8 Å². The Kier molecular flexibility index (Phi) is 4.04. The van der Waals surface area contributed by atoms with E-state index >= 15 is 0 Å². The molecule has 0 aliphatic carbocycles. The summed E-state index contributed by atoms with van der Waals surface area (Å²) in [6, 6.07) is 0. The van der Waals surface area contributed by atoms with Crippen LogP contribution >= 0.6 is 11.6 Å².